The Morgan fingerprint density at radius 2 is 1.78 bits per heavy atom. The molecule has 8 heteroatoms. The lowest BCUT2D eigenvalue weighted by Gasteiger charge is -2.34. The summed E-state index contributed by atoms with van der Waals surface area (Å²) in [6, 6.07) is 7.16. The molecule has 3 rings (SSSR count). The Labute approximate surface area is 189 Å². The van der Waals surface area contributed by atoms with E-state index in [0.717, 1.165) is 18.5 Å². The van der Waals surface area contributed by atoms with Crippen molar-refractivity contribution in [1.82, 2.24) is 14.7 Å². The molecular weight excluding hydrogens is 410 g/mol. The predicted octanol–water partition coefficient (Wildman–Crippen LogP) is 3.85. The molecule has 1 amide bonds. The number of ether oxygens (including phenoxy) is 3. The number of hydrogen-bond acceptors (Lipinski definition) is 6. The van der Waals surface area contributed by atoms with Crippen molar-refractivity contribution in [2.24, 2.45) is 0 Å². The van der Waals surface area contributed by atoms with Gasteiger partial charge in [0, 0.05) is 30.3 Å². The Hall–Kier alpha value is -3.03. The highest BCUT2D eigenvalue weighted by atomic mass is 16.5. The van der Waals surface area contributed by atoms with Crippen LogP contribution in [0, 0.1) is 0 Å². The first-order valence-electron chi connectivity index (χ1n) is 11.0. The van der Waals surface area contributed by atoms with Gasteiger partial charge in [-0.05, 0) is 38.0 Å². The van der Waals surface area contributed by atoms with E-state index in [1.165, 1.54) is 0 Å². The normalized spacial score (nSPS) is 14.9. The van der Waals surface area contributed by atoms with Crippen LogP contribution in [-0.4, -0.2) is 60.5 Å². The van der Waals surface area contributed by atoms with E-state index in [1.807, 2.05) is 15.6 Å². The maximum absolute atomic E-state index is 13.1. The summed E-state index contributed by atoms with van der Waals surface area (Å²) in [6.07, 6.45) is 1.49. The average molecular weight is 444 g/mol. The van der Waals surface area contributed by atoms with Crippen LogP contribution < -0.4 is 9.47 Å². The summed E-state index contributed by atoms with van der Waals surface area (Å²) in [5.74, 6) is 0.670. The molecule has 2 aromatic rings. The maximum Gasteiger partial charge on any atom is 0.358 e. The highest BCUT2D eigenvalue weighted by molar-refractivity contribution is 5.97. The van der Waals surface area contributed by atoms with E-state index in [2.05, 4.69) is 25.9 Å². The van der Waals surface area contributed by atoms with E-state index in [4.69, 9.17) is 14.2 Å². The molecule has 0 atom stereocenters. The zero-order valence-corrected chi connectivity index (χ0v) is 19.8. The van der Waals surface area contributed by atoms with Gasteiger partial charge in [0.1, 0.15) is 11.5 Å². The van der Waals surface area contributed by atoms with Gasteiger partial charge in [-0.25, -0.2) is 4.79 Å². The highest BCUT2D eigenvalue weighted by Crippen LogP contribution is 2.32. The topological polar surface area (TPSA) is 82.9 Å². The van der Waals surface area contributed by atoms with Gasteiger partial charge >= 0.3 is 5.97 Å². The van der Waals surface area contributed by atoms with Crippen LogP contribution in [0.1, 0.15) is 73.1 Å². The van der Waals surface area contributed by atoms with Gasteiger partial charge < -0.3 is 19.1 Å². The molecule has 174 valence electrons. The van der Waals surface area contributed by atoms with E-state index in [9.17, 15) is 9.59 Å². The smallest absolute Gasteiger partial charge is 0.358 e. The summed E-state index contributed by atoms with van der Waals surface area (Å²) in [7, 11) is 3.13. The third kappa shape index (κ3) is 4.89. The lowest BCUT2D eigenvalue weighted by molar-refractivity contribution is 0.0517. The van der Waals surface area contributed by atoms with E-state index in [0.29, 0.717) is 42.5 Å². The third-order valence-corrected chi connectivity index (χ3v) is 5.73. The number of rotatable bonds is 6. The predicted molar refractivity (Wildman–Crippen MR) is 121 cm³/mol. The number of piperidine rings is 1. The Bertz CT molecular complexity index is 968. The first-order chi connectivity index (χ1) is 15.2. The zero-order valence-electron chi connectivity index (χ0n) is 19.8. The second-order valence-electron chi connectivity index (χ2n) is 8.92. The van der Waals surface area contributed by atoms with Crippen LogP contribution >= 0.6 is 0 Å². The number of amides is 1. The molecule has 0 radical (unpaired) electrons. The number of methoxy groups -OCH3 is 2. The van der Waals surface area contributed by atoms with Crippen molar-refractivity contribution in [3.8, 4) is 11.5 Å². The number of carbonyl (C=O) groups is 2. The van der Waals surface area contributed by atoms with Gasteiger partial charge in [0.15, 0.2) is 5.69 Å². The summed E-state index contributed by atoms with van der Waals surface area (Å²) in [4.78, 5) is 27.2. The molecule has 1 aromatic carbocycles. The van der Waals surface area contributed by atoms with Crippen LogP contribution in [0.25, 0.3) is 0 Å². The van der Waals surface area contributed by atoms with Gasteiger partial charge in [-0.3, -0.25) is 9.48 Å². The van der Waals surface area contributed by atoms with Crippen LogP contribution in [0.3, 0.4) is 0 Å². The van der Waals surface area contributed by atoms with Crippen LogP contribution in [0.4, 0.5) is 0 Å². The molecule has 0 N–H and O–H groups in total. The van der Waals surface area contributed by atoms with Crippen LogP contribution in [-0.2, 0) is 10.2 Å². The zero-order chi connectivity index (χ0) is 23.5. The van der Waals surface area contributed by atoms with Crippen molar-refractivity contribution >= 4 is 11.9 Å². The van der Waals surface area contributed by atoms with Gasteiger partial charge in [-0.2, -0.15) is 5.10 Å². The Morgan fingerprint density at radius 1 is 1.09 bits per heavy atom. The molecule has 0 bridgehead atoms. The number of nitrogens with zero attached hydrogens (tertiary/aromatic N) is 3. The first kappa shape index (κ1) is 23.6. The molecule has 1 fully saturated rings. The highest BCUT2D eigenvalue weighted by Gasteiger charge is 2.31. The minimum absolute atomic E-state index is 0.0633. The minimum Gasteiger partial charge on any atom is -0.497 e. The number of benzene rings is 1. The standard InChI is InChI=1S/C24H33N3O5/c1-7-32-23(29)19-15-21(24(2,3)4)27(25-19)16-10-12-26(13-11-16)22(28)18-9-8-17(30-5)14-20(18)31-6/h8-9,14-16H,7,10-13H2,1-6H3. The van der Waals surface area contributed by atoms with Crippen molar-refractivity contribution in [2.75, 3.05) is 33.9 Å². The summed E-state index contributed by atoms with van der Waals surface area (Å²) >= 11 is 0. The fourth-order valence-corrected chi connectivity index (χ4v) is 4.00. The SMILES string of the molecule is CCOC(=O)c1cc(C(C)(C)C)n(C2CCN(C(=O)c3ccc(OC)cc3OC)CC2)n1. The monoisotopic (exact) mass is 443 g/mol. The minimum atomic E-state index is -0.407. The second-order valence-corrected chi connectivity index (χ2v) is 8.92. The molecule has 0 aliphatic carbocycles. The van der Waals surface area contributed by atoms with Gasteiger partial charge in [0.25, 0.3) is 5.91 Å². The summed E-state index contributed by atoms with van der Waals surface area (Å²) in [5, 5.41) is 4.60. The van der Waals surface area contributed by atoms with E-state index < -0.39 is 5.97 Å². The third-order valence-electron chi connectivity index (χ3n) is 5.73. The first-order valence-corrected chi connectivity index (χ1v) is 11.0. The molecule has 1 saturated heterocycles. The van der Waals surface area contributed by atoms with Crippen molar-refractivity contribution in [1.29, 1.82) is 0 Å². The quantitative estimate of drug-likeness (QED) is 0.631. The summed E-state index contributed by atoms with van der Waals surface area (Å²) in [5.41, 5.74) is 1.66. The van der Waals surface area contributed by atoms with Crippen LogP contribution in [0.5, 0.6) is 11.5 Å². The van der Waals surface area contributed by atoms with Crippen molar-refractivity contribution in [3.63, 3.8) is 0 Å². The number of hydrogen-bond donors (Lipinski definition) is 0. The summed E-state index contributed by atoms with van der Waals surface area (Å²) in [6.45, 7) is 9.59. The van der Waals surface area contributed by atoms with Crippen molar-refractivity contribution in [3.05, 3.63) is 41.2 Å². The number of aromatic nitrogens is 2. The summed E-state index contributed by atoms with van der Waals surface area (Å²) < 4.78 is 17.7. The Kier molecular flexibility index (Phi) is 7.11. The lowest BCUT2D eigenvalue weighted by atomic mass is 9.91. The number of esters is 1. The van der Waals surface area contributed by atoms with Crippen molar-refractivity contribution < 1.29 is 23.8 Å². The molecule has 8 nitrogen and oxygen atoms in total. The van der Waals surface area contributed by atoms with E-state index >= 15 is 0 Å². The molecule has 0 spiro atoms. The molecule has 2 heterocycles. The molecule has 32 heavy (non-hydrogen) atoms. The van der Waals surface area contributed by atoms with Gasteiger partial charge in [-0.1, -0.05) is 20.8 Å². The van der Waals surface area contributed by atoms with Crippen molar-refractivity contribution in [2.45, 2.75) is 52.0 Å². The largest absolute Gasteiger partial charge is 0.497 e. The molecular formula is C24H33N3O5. The Morgan fingerprint density at radius 3 is 2.34 bits per heavy atom. The fraction of sp³-hybridized carbons (Fsp3) is 0.542. The van der Waals surface area contributed by atoms with E-state index in [-0.39, 0.29) is 17.4 Å². The van der Waals surface area contributed by atoms with Crippen LogP contribution in [0.2, 0.25) is 0 Å². The average Bonchev–Trinajstić information content (AvgIpc) is 3.25. The van der Waals surface area contributed by atoms with E-state index in [1.54, 1.807) is 39.3 Å². The fourth-order valence-electron chi connectivity index (χ4n) is 4.00. The number of likely N-dealkylation sites (tertiary alicyclic amines) is 1. The van der Waals surface area contributed by atoms with Gasteiger partial charge in [0.2, 0.25) is 0 Å². The molecule has 1 aliphatic heterocycles. The second kappa shape index (κ2) is 9.63. The Balaban J connectivity index is 1.77. The lowest BCUT2D eigenvalue weighted by Crippen LogP contribution is -2.40. The molecule has 1 aromatic heterocycles. The molecule has 0 unspecified atom stereocenters. The maximum atomic E-state index is 13.1. The molecule has 1 aliphatic rings. The number of carbonyl (C=O) groups excluding carboxylic acids is 2. The van der Waals surface area contributed by atoms with Gasteiger partial charge in [0.05, 0.1) is 32.4 Å². The van der Waals surface area contributed by atoms with Crippen LogP contribution in [0.15, 0.2) is 24.3 Å². The van der Waals surface area contributed by atoms with Gasteiger partial charge in [-0.15, -0.1) is 0 Å². The molecule has 0 saturated carbocycles.